The van der Waals surface area contributed by atoms with Crippen LogP contribution in [0.2, 0.25) is 0 Å². The van der Waals surface area contributed by atoms with Crippen molar-refractivity contribution >= 4 is 11.7 Å². The summed E-state index contributed by atoms with van der Waals surface area (Å²) in [7, 11) is 0. The van der Waals surface area contributed by atoms with Crippen molar-refractivity contribution in [2.75, 3.05) is 6.54 Å². The zero-order valence-electron chi connectivity index (χ0n) is 17.9. The Balaban J connectivity index is 1.92. The first kappa shape index (κ1) is 23.2. The van der Waals surface area contributed by atoms with Gasteiger partial charge in [0.2, 0.25) is 5.91 Å². The molecule has 166 valence electrons. The van der Waals surface area contributed by atoms with Crippen molar-refractivity contribution in [3.05, 3.63) is 102 Å². The maximum atomic E-state index is 13.9. The fourth-order valence-electron chi connectivity index (χ4n) is 3.73. The molecule has 0 spiro atoms. The van der Waals surface area contributed by atoms with Crippen LogP contribution >= 0.6 is 0 Å². The molecule has 3 rings (SSSR count). The molecular formula is C26H29N3O3. The number of phenols is 1. The van der Waals surface area contributed by atoms with Crippen LogP contribution in [0.1, 0.15) is 35.4 Å². The number of nitrogens with two attached hydrogens (primary N) is 2. The molecule has 1 atom stereocenters. The van der Waals surface area contributed by atoms with Gasteiger partial charge in [0.1, 0.15) is 5.75 Å². The van der Waals surface area contributed by atoms with Gasteiger partial charge in [-0.15, -0.1) is 0 Å². The van der Waals surface area contributed by atoms with E-state index in [9.17, 15) is 14.7 Å². The average Bonchev–Trinajstić information content (AvgIpc) is 2.83. The number of rotatable bonds is 10. The Morgan fingerprint density at radius 3 is 1.91 bits per heavy atom. The van der Waals surface area contributed by atoms with Crippen molar-refractivity contribution in [1.29, 1.82) is 0 Å². The van der Waals surface area contributed by atoms with E-state index < -0.39 is 17.4 Å². The third-order valence-electron chi connectivity index (χ3n) is 5.54. The molecule has 0 saturated carbocycles. The van der Waals surface area contributed by atoms with Crippen molar-refractivity contribution < 1.29 is 14.7 Å². The highest BCUT2D eigenvalue weighted by atomic mass is 16.3. The first-order valence-electron chi connectivity index (χ1n) is 10.6. The van der Waals surface area contributed by atoms with E-state index in [2.05, 4.69) is 5.32 Å². The summed E-state index contributed by atoms with van der Waals surface area (Å²) >= 11 is 0. The van der Waals surface area contributed by atoms with Crippen LogP contribution in [0, 0.1) is 0 Å². The summed E-state index contributed by atoms with van der Waals surface area (Å²) in [5.74, 6) is -1.45. The van der Waals surface area contributed by atoms with Gasteiger partial charge in [-0.05, 0) is 48.2 Å². The Hall–Kier alpha value is -3.48. The molecule has 6 nitrogen and oxygen atoms in total. The minimum Gasteiger partial charge on any atom is -0.508 e. The van der Waals surface area contributed by atoms with E-state index in [0.717, 1.165) is 16.7 Å². The minimum atomic E-state index is -1.74. The normalized spacial score (nSPS) is 12.8. The lowest BCUT2D eigenvalue weighted by Gasteiger charge is -2.31. The molecule has 3 aromatic rings. The van der Waals surface area contributed by atoms with Crippen LogP contribution in [0.3, 0.4) is 0 Å². The van der Waals surface area contributed by atoms with Gasteiger partial charge in [0.05, 0.1) is 5.92 Å². The second kappa shape index (κ2) is 10.7. The molecule has 0 radical (unpaired) electrons. The number of nitrogens with one attached hydrogen (secondary N) is 1. The van der Waals surface area contributed by atoms with Gasteiger partial charge >= 0.3 is 0 Å². The van der Waals surface area contributed by atoms with Crippen molar-refractivity contribution in [1.82, 2.24) is 5.32 Å². The van der Waals surface area contributed by atoms with E-state index in [1.54, 1.807) is 12.1 Å². The number of phenolic OH excluding ortho intramolecular Hbond substituents is 1. The van der Waals surface area contributed by atoms with Crippen molar-refractivity contribution in [2.45, 2.75) is 30.8 Å². The van der Waals surface area contributed by atoms with E-state index in [4.69, 9.17) is 11.5 Å². The number of carbonyl (C=O) groups excluding carboxylic acids is 2. The number of Topliss-reactive ketones (excluding diaryl/α,β-unsaturated/α-hetero) is 1. The van der Waals surface area contributed by atoms with E-state index in [1.165, 1.54) is 12.1 Å². The number of benzene rings is 3. The smallest absolute Gasteiger partial charge is 0.248 e. The van der Waals surface area contributed by atoms with Gasteiger partial charge < -0.3 is 21.9 Å². The van der Waals surface area contributed by atoms with Crippen LogP contribution in [0.25, 0.3) is 0 Å². The van der Waals surface area contributed by atoms with Crippen LogP contribution in [-0.2, 0) is 16.1 Å². The predicted molar refractivity (Wildman–Crippen MR) is 125 cm³/mol. The van der Waals surface area contributed by atoms with E-state index in [0.29, 0.717) is 13.0 Å². The van der Waals surface area contributed by atoms with Crippen LogP contribution < -0.4 is 16.8 Å². The molecule has 32 heavy (non-hydrogen) atoms. The van der Waals surface area contributed by atoms with Gasteiger partial charge in [-0.3, -0.25) is 9.59 Å². The Morgan fingerprint density at radius 2 is 1.41 bits per heavy atom. The Labute approximate surface area is 188 Å². The first-order valence-corrected chi connectivity index (χ1v) is 10.6. The van der Waals surface area contributed by atoms with Gasteiger partial charge in [0.15, 0.2) is 11.3 Å². The zero-order chi connectivity index (χ0) is 23.0. The Kier molecular flexibility index (Phi) is 7.76. The summed E-state index contributed by atoms with van der Waals surface area (Å²) in [6, 6.07) is 25.2. The van der Waals surface area contributed by atoms with Crippen LogP contribution in [-0.4, -0.2) is 28.9 Å². The third kappa shape index (κ3) is 5.41. The summed E-state index contributed by atoms with van der Waals surface area (Å²) in [5, 5.41) is 12.2. The predicted octanol–water partition coefficient (Wildman–Crippen LogP) is 2.85. The minimum absolute atomic E-state index is 0.139. The lowest BCUT2D eigenvalue weighted by molar-refractivity contribution is -0.136. The number of amides is 1. The second-order valence-corrected chi connectivity index (χ2v) is 7.83. The summed E-state index contributed by atoms with van der Waals surface area (Å²) < 4.78 is 0. The van der Waals surface area contributed by atoms with E-state index >= 15 is 0 Å². The second-order valence-electron chi connectivity index (χ2n) is 7.83. The molecule has 0 aromatic heterocycles. The molecular weight excluding hydrogens is 402 g/mol. The number of hydrogen-bond donors (Lipinski definition) is 4. The molecule has 6 N–H and O–H groups in total. The lowest BCUT2D eigenvalue weighted by Crippen LogP contribution is -2.61. The van der Waals surface area contributed by atoms with Crippen molar-refractivity contribution in [3.8, 4) is 5.75 Å². The SMILES string of the molecule is NCCC[C@](N)(C(=O)NCc1ccc(O)cc1)C(=O)C(c1ccccc1)c1ccccc1. The van der Waals surface area contributed by atoms with Gasteiger partial charge in [0.25, 0.3) is 0 Å². The van der Waals surface area contributed by atoms with Gasteiger partial charge in [-0.1, -0.05) is 72.8 Å². The molecule has 0 fully saturated rings. The van der Waals surface area contributed by atoms with Gasteiger partial charge in [-0.25, -0.2) is 0 Å². The highest BCUT2D eigenvalue weighted by Gasteiger charge is 2.45. The topological polar surface area (TPSA) is 118 Å². The zero-order valence-corrected chi connectivity index (χ0v) is 17.9. The molecule has 0 aliphatic heterocycles. The van der Waals surface area contributed by atoms with E-state index in [-0.39, 0.29) is 24.5 Å². The largest absolute Gasteiger partial charge is 0.508 e. The van der Waals surface area contributed by atoms with Gasteiger partial charge in [0, 0.05) is 6.54 Å². The number of hydrogen-bond acceptors (Lipinski definition) is 5. The lowest BCUT2D eigenvalue weighted by atomic mass is 9.76. The van der Waals surface area contributed by atoms with Crippen LogP contribution in [0.4, 0.5) is 0 Å². The number of aromatic hydroxyl groups is 1. The van der Waals surface area contributed by atoms with Crippen molar-refractivity contribution in [3.63, 3.8) is 0 Å². The summed E-state index contributed by atoms with van der Waals surface area (Å²) in [6.07, 6.45) is 0.574. The molecule has 0 aliphatic carbocycles. The summed E-state index contributed by atoms with van der Waals surface area (Å²) in [5.41, 5.74) is 12.9. The summed E-state index contributed by atoms with van der Waals surface area (Å²) in [4.78, 5) is 27.2. The molecule has 0 saturated heterocycles. The average molecular weight is 432 g/mol. The van der Waals surface area contributed by atoms with Crippen molar-refractivity contribution in [2.24, 2.45) is 11.5 Å². The quantitative estimate of drug-likeness (QED) is 0.368. The molecule has 0 bridgehead atoms. The molecule has 0 heterocycles. The molecule has 1 amide bonds. The maximum Gasteiger partial charge on any atom is 0.248 e. The highest BCUT2D eigenvalue weighted by molar-refractivity contribution is 6.13. The number of ketones is 1. The summed E-state index contributed by atoms with van der Waals surface area (Å²) in [6.45, 7) is 0.508. The van der Waals surface area contributed by atoms with E-state index in [1.807, 2.05) is 60.7 Å². The highest BCUT2D eigenvalue weighted by Crippen LogP contribution is 2.31. The molecule has 0 aliphatic rings. The van der Waals surface area contributed by atoms with Crippen LogP contribution in [0.15, 0.2) is 84.9 Å². The maximum absolute atomic E-state index is 13.9. The molecule has 0 unspecified atom stereocenters. The Bertz CT molecular complexity index is 984. The molecule has 3 aromatic carbocycles. The first-order chi connectivity index (χ1) is 15.5. The molecule has 6 heteroatoms. The number of carbonyl (C=O) groups is 2. The van der Waals surface area contributed by atoms with Gasteiger partial charge in [-0.2, -0.15) is 0 Å². The van der Waals surface area contributed by atoms with Crippen LogP contribution in [0.5, 0.6) is 5.75 Å². The fourth-order valence-corrected chi connectivity index (χ4v) is 3.73. The standard InChI is InChI=1S/C26H29N3O3/c27-17-7-16-26(28,25(32)29-18-19-12-14-22(30)15-13-19)24(31)23(20-8-3-1-4-9-20)21-10-5-2-6-11-21/h1-6,8-15,23,30H,7,16-18,27-28H2,(H,29,32)/t26-/m1/s1. The monoisotopic (exact) mass is 431 g/mol. The fraction of sp³-hybridized carbons (Fsp3) is 0.231. The Morgan fingerprint density at radius 1 is 0.875 bits per heavy atom. The third-order valence-corrected chi connectivity index (χ3v) is 5.54.